The molecule has 1 aliphatic rings. The first-order valence-electron chi connectivity index (χ1n) is 7.92. The van der Waals surface area contributed by atoms with E-state index in [1.165, 1.54) is 25.3 Å². The zero-order valence-corrected chi connectivity index (χ0v) is 14.3. The van der Waals surface area contributed by atoms with E-state index in [1.54, 1.807) is 6.07 Å². The number of nitrogens with zero attached hydrogens (tertiary/aromatic N) is 2. The lowest BCUT2D eigenvalue weighted by Gasteiger charge is -2.32. The highest BCUT2D eigenvalue weighted by Gasteiger charge is 2.63. The van der Waals surface area contributed by atoms with Gasteiger partial charge in [-0.15, -0.1) is 0 Å². The summed E-state index contributed by atoms with van der Waals surface area (Å²) in [4.78, 5) is 12.6. The fraction of sp³-hybridized carbons (Fsp3) is 0.529. The van der Waals surface area contributed by atoms with Crippen molar-refractivity contribution < 1.29 is 27.8 Å². The number of halogens is 3. The number of carbonyl (C=O) groups is 1. The summed E-state index contributed by atoms with van der Waals surface area (Å²) in [6.07, 6.45) is -4.85. The van der Waals surface area contributed by atoms with E-state index in [0.29, 0.717) is 12.2 Å². The van der Waals surface area contributed by atoms with Gasteiger partial charge in [-0.05, 0) is 37.0 Å². The van der Waals surface area contributed by atoms with Crippen LogP contribution in [0.25, 0.3) is 0 Å². The van der Waals surface area contributed by atoms with Crippen LogP contribution in [0.2, 0.25) is 0 Å². The van der Waals surface area contributed by atoms with E-state index in [2.05, 4.69) is 5.10 Å². The van der Waals surface area contributed by atoms with E-state index in [4.69, 9.17) is 4.74 Å². The lowest BCUT2D eigenvalue weighted by atomic mass is 9.99. The summed E-state index contributed by atoms with van der Waals surface area (Å²) in [6, 6.07) is 5.70. The minimum absolute atomic E-state index is 0.0455. The first-order chi connectivity index (χ1) is 11.6. The van der Waals surface area contributed by atoms with E-state index in [0.717, 1.165) is 0 Å². The molecule has 1 heterocycles. The Kier molecular flexibility index (Phi) is 5.41. The zero-order chi connectivity index (χ0) is 18.8. The van der Waals surface area contributed by atoms with Crippen LogP contribution in [0.15, 0.2) is 29.4 Å². The lowest BCUT2D eigenvalue weighted by molar-refractivity contribution is -0.297. The van der Waals surface area contributed by atoms with Gasteiger partial charge in [-0.2, -0.15) is 23.3 Å². The standard InChI is InChI=1S/C17H21F3N2O3/c1-11(2)7-8-13-10-16(24,17(18,19)20)22(21-13)15(23)12-5-4-6-14(9-12)25-3/h4-6,9,11,24H,7-8,10H2,1-3H3/t16-/m0/s1. The summed E-state index contributed by atoms with van der Waals surface area (Å²) >= 11 is 0. The first-order valence-corrected chi connectivity index (χ1v) is 7.92. The maximum Gasteiger partial charge on any atom is 0.438 e. The molecule has 1 amide bonds. The third-order valence-corrected chi connectivity index (χ3v) is 4.02. The van der Waals surface area contributed by atoms with Crippen LogP contribution in [-0.2, 0) is 0 Å². The van der Waals surface area contributed by atoms with Gasteiger partial charge in [-0.25, -0.2) is 0 Å². The topological polar surface area (TPSA) is 62.1 Å². The average Bonchev–Trinajstić information content (AvgIpc) is 2.90. The molecular formula is C17H21F3N2O3. The highest BCUT2D eigenvalue weighted by molar-refractivity contribution is 5.98. The van der Waals surface area contributed by atoms with Crippen LogP contribution < -0.4 is 4.74 Å². The quantitative estimate of drug-likeness (QED) is 0.875. The molecule has 2 rings (SSSR count). The van der Waals surface area contributed by atoms with Gasteiger partial charge in [0.25, 0.3) is 11.6 Å². The van der Waals surface area contributed by atoms with Gasteiger partial charge in [0.1, 0.15) is 5.75 Å². The van der Waals surface area contributed by atoms with Crippen molar-refractivity contribution >= 4 is 11.6 Å². The Morgan fingerprint density at radius 3 is 2.68 bits per heavy atom. The maximum absolute atomic E-state index is 13.4. The molecule has 0 saturated heterocycles. The Bertz CT molecular complexity index is 673. The number of benzene rings is 1. The van der Waals surface area contributed by atoms with E-state index in [-0.39, 0.29) is 28.6 Å². The Labute approximate surface area is 144 Å². The normalized spacial score (nSPS) is 20.8. The van der Waals surface area contributed by atoms with Gasteiger partial charge in [0, 0.05) is 17.7 Å². The predicted octanol–water partition coefficient (Wildman–Crippen LogP) is 3.58. The Morgan fingerprint density at radius 2 is 2.12 bits per heavy atom. The molecule has 1 aromatic rings. The number of ether oxygens (including phenoxy) is 1. The van der Waals surface area contributed by atoms with Gasteiger partial charge in [0.15, 0.2) is 0 Å². The average molecular weight is 358 g/mol. The second kappa shape index (κ2) is 7.03. The molecule has 0 aromatic heterocycles. The van der Waals surface area contributed by atoms with E-state index < -0.39 is 24.2 Å². The first kappa shape index (κ1) is 19.2. The van der Waals surface area contributed by atoms with E-state index >= 15 is 0 Å². The minimum Gasteiger partial charge on any atom is -0.497 e. The van der Waals surface area contributed by atoms with Gasteiger partial charge < -0.3 is 9.84 Å². The number of carbonyl (C=O) groups excluding carboxylic acids is 1. The zero-order valence-electron chi connectivity index (χ0n) is 14.3. The smallest absolute Gasteiger partial charge is 0.438 e. The summed E-state index contributed by atoms with van der Waals surface area (Å²) < 4.78 is 45.3. The van der Waals surface area contributed by atoms with Crippen molar-refractivity contribution in [2.24, 2.45) is 11.0 Å². The number of alkyl halides is 3. The molecule has 1 atom stereocenters. The molecule has 0 bridgehead atoms. The Morgan fingerprint density at radius 1 is 1.44 bits per heavy atom. The van der Waals surface area contributed by atoms with Gasteiger partial charge in [-0.3, -0.25) is 4.79 Å². The summed E-state index contributed by atoms with van der Waals surface area (Å²) in [5, 5.41) is 14.2. The van der Waals surface area contributed by atoms with Gasteiger partial charge >= 0.3 is 6.18 Å². The second-order valence-corrected chi connectivity index (χ2v) is 6.44. The molecule has 1 N–H and O–H groups in total. The van der Waals surface area contributed by atoms with Crippen molar-refractivity contribution in [2.75, 3.05) is 7.11 Å². The Balaban J connectivity index is 2.36. The molecule has 0 spiro atoms. The second-order valence-electron chi connectivity index (χ2n) is 6.44. The third-order valence-electron chi connectivity index (χ3n) is 4.02. The van der Waals surface area contributed by atoms with Crippen LogP contribution in [-0.4, -0.2) is 40.7 Å². The van der Waals surface area contributed by atoms with Crippen LogP contribution in [0.5, 0.6) is 5.75 Å². The molecule has 0 fully saturated rings. The van der Waals surface area contributed by atoms with Crippen LogP contribution in [0, 0.1) is 5.92 Å². The van der Waals surface area contributed by atoms with E-state index in [9.17, 15) is 23.1 Å². The fourth-order valence-corrected chi connectivity index (χ4v) is 2.52. The van der Waals surface area contributed by atoms with Gasteiger partial charge in [0.05, 0.1) is 7.11 Å². The highest BCUT2D eigenvalue weighted by atomic mass is 19.4. The van der Waals surface area contributed by atoms with Crippen molar-refractivity contribution in [1.29, 1.82) is 0 Å². The number of rotatable bonds is 5. The number of hydrazone groups is 1. The lowest BCUT2D eigenvalue weighted by Crippen LogP contribution is -2.56. The molecule has 0 unspecified atom stereocenters. The Hall–Kier alpha value is -2.09. The molecule has 5 nitrogen and oxygen atoms in total. The number of methoxy groups -OCH3 is 1. The summed E-state index contributed by atoms with van der Waals surface area (Å²) in [5.74, 6) is -0.437. The number of hydrogen-bond acceptors (Lipinski definition) is 4. The van der Waals surface area contributed by atoms with Crippen LogP contribution in [0.1, 0.15) is 43.5 Å². The SMILES string of the molecule is COc1cccc(C(=O)N2N=C(CCC(C)C)C[C@]2(O)C(F)(F)F)c1. The minimum atomic E-state index is -5.02. The summed E-state index contributed by atoms with van der Waals surface area (Å²) in [7, 11) is 1.38. The summed E-state index contributed by atoms with van der Waals surface area (Å²) in [5.41, 5.74) is -3.22. The molecule has 0 radical (unpaired) electrons. The van der Waals surface area contributed by atoms with Crippen LogP contribution in [0.3, 0.4) is 0 Å². The molecular weight excluding hydrogens is 337 g/mol. The van der Waals surface area contributed by atoms with Crippen molar-refractivity contribution in [3.8, 4) is 5.75 Å². The number of aliphatic hydroxyl groups is 1. The molecule has 1 aromatic carbocycles. The fourth-order valence-electron chi connectivity index (χ4n) is 2.52. The molecule has 138 valence electrons. The summed E-state index contributed by atoms with van der Waals surface area (Å²) in [6.45, 7) is 3.87. The maximum atomic E-state index is 13.4. The molecule has 0 saturated carbocycles. The number of amides is 1. The highest BCUT2D eigenvalue weighted by Crippen LogP contribution is 2.41. The molecule has 1 aliphatic heterocycles. The van der Waals surface area contributed by atoms with Crippen molar-refractivity contribution in [1.82, 2.24) is 5.01 Å². The van der Waals surface area contributed by atoms with Crippen molar-refractivity contribution in [2.45, 2.75) is 45.0 Å². The van der Waals surface area contributed by atoms with Crippen molar-refractivity contribution in [3.63, 3.8) is 0 Å². The molecule has 8 heteroatoms. The van der Waals surface area contributed by atoms with Gasteiger partial charge in [0.2, 0.25) is 0 Å². The van der Waals surface area contributed by atoms with Gasteiger partial charge in [-0.1, -0.05) is 19.9 Å². The third kappa shape index (κ3) is 3.95. The van der Waals surface area contributed by atoms with E-state index in [1.807, 2.05) is 13.8 Å². The van der Waals surface area contributed by atoms with Crippen LogP contribution in [0.4, 0.5) is 13.2 Å². The molecule has 25 heavy (non-hydrogen) atoms. The number of hydrogen-bond donors (Lipinski definition) is 1. The molecule has 0 aliphatic carbocycles. The predicted molar refractivity (Wildman–Crippen MR) is 86.3 cm³/mol. The monoisotopic (exact) mass is 358 g/mol. The van der Waals surface area contributed by atoms with Crippen molar-refractivity contribution in [3.05, 3.63) is 29.8 Å². The van der Waals surface area contributed by atoms with Crippen LogP contribution >= 0.6 is 0 Å². The largest absolute Gasteiger partial charge is 0.497 e.